The van der Waals surface area contributed by atoms with Crippen LogP contribution in [0.2, 0.25) is 0 Å². The summed E-state index contributed by atoms with van der Waals surface area (Å²) in [6.07, 6.45) is 7.23. The highest BCUT2D eigenvalue weighted by atomic mass is 16.2. The number of hydrogen-bond acceptors (Lipinski definition) is 2. The van der Waals surface area contributed by atoms with Crippen LogP contribution in [0.25, 0.3) is 0 Å². The minimum absolute atomic E-state index is 0.0985. The third-order valence-electron chi connectivity index (χ3n) is 2.50. The first kappa shape index (κ1) is 15.2. The lowest BCUT2D eigenvalue weighted by atomic mass is 10.2. The van der Waals surface area contributed by atoms with E-state index in [1.807, 2.05) is 26.8 Å². The Morgan fingerprint density at radius 2 is 2.06 bits per heavy atom. The van der Waals surface area contributed by atoms with Gasteiger partial charge in [-0.3, -0.25) is 4.79 Å². The fourth-order valence-electron chi connectivity index (χ4n) is 1.52. The van der Waals surface area contributed by atoms with Gasteiger partial charge in [0.15, 0.2) is 0 Å². The van der Waals surface area contributed by atoms with E-state index in [9.17, 15) is 4.79 Å². The zero-order valence-corrected chi connectivity index (χ0v) is 11.0. The number of carbonyl (C=O) groups excluding carboxylic acids is 1. The van der Waals surface area contributed by atoms with Crippen molar-refractivity contribution in [3.8, 4) is 0 Å². The lowest BCUT2D eigenvalue weighted by molar-refractivity contribution is -0.123. The highest BCUT2D eigenvalue weighted by Crippen LogP contribution is 1.95. The summed E-state index contributed by atoms with van der Waals surface area (Å²) in [5.41, 5.74) is 0. The van der Waals surface area contributed by atoms with Crippen LogP contribution < -0.4 is 10.6 Å². The molecule has 0 aliphatic carbocycles. The van der Waals surface area contributed by atoms with E-state index in [1.54, 1.807) is 0 Å². The van der Waals surface area contributed by atoms with E-state index in [1.165, 1.54) is 0 Å². The number of allylic oxidation sites excluding steroid dienone is 1. The minimum atomic E-state index is -0.107. The van der Waals surface area contributed by atoms with E-state index in [0.717, 1.165) is 25.8 Å². The molecule has 0 rings (SSSR count). The van der Waals surface area contributed by atoms with Gasteiger partial charge < -0.3 is 10.6 Å². The molecule has 3 nitrogen and oxygen atoms in total. The van der Waals surface area contributed by atoms with E-state index >= 15 is 0 Å². The molecule has 0 heterocycles. The summed E-state index contributed by atoms with van der Waals surface area (Å²) in [6, 6.07) is 0.168. The molecule has 0 saturated heterocycles. The first-order valence-electron chi connectivity index (χ1n) is 6.26. The quantitative estimate of drug-likeness (QED) is 0.492. The molecule has 2 unspecified atom stereocenters. The molecule has 2 atom stereocenters. The highest BCUT2D eigenvalue weighted by Gasteiger charge is 2.13. The van der Waals surface area contributed by atoms with Crippen molar-refractivity contribution in [2.75, 3.05) is 6.54 Å². The van der Waals surface area contributed by atoms with Crippen molar-refractivity contribution < 1.29 is 4.79 Å². The Morgan fingerprint density at radius 1 is 1.38 bits per heavy atom. The fraction of sp³-hybridized carbons (Fsp3) is 0.769. The lowest BCUT2D eigenvalue weighted by Crippen LogP contribution is -2.45. The number of nitrogens with one attached hydrogen (secondary N) is 2. The van der Waals surface area contributed by atoms with Gasteiger partial charge in [0.25, 0.3) is 0 Å². The molecule has 16 heavy (non-hydrogen) atoms. The third-order valence-corrected chi connectivity index (χ3v) is 2.50. The van der Waals surface area contributed by atoms with Gasteiger partial charge in [0.05, 0.1) is 6.04 Å². The number of hydrogen-bond donors (Lipinski definition) is 2. The van der Waals surface area contributed by atoms with Crippen molar-refractivity contribution in [2.24, 2.45) is 0 Å². The zero-order valence-electron chi connectivity index (χ0n) is 11.0. The van der Waals surface area contributed by atoms with Crippen LogP contribution in [0, 0.1) is 0 Å². The summed E-state index contributed by atoms with van der Waals surface area (Å²) in [4.78, 5) is 11.7. The summed E-state index contributed by atoms with van der Waals surface area (Å²) in [6.45, 7) is 8.93. The van der Waals surface area contributed by atoms with Crippen molar-refractivity contribution in [1.82, 2.24) is 10.6 Å². The van der Waals surface area contributed by atoms with Crippen molar-refractivity contribution in [1.29, 1.82) is 0 Å². The average Bonchev–Trinajstić information content (AvgIpc) is 2.24. The topological polar surface area (TPSA) is 41.1 Å². The molecule has 0 spiro atoms. The van der Waals surface area contributed by atoms with E-state index in [0.29, 0.717) is 0 Å². The second-order valence-corrected chi connectivity index (χ2v) is 4.23. The number of rotatable bonds is 8. The Bertz CT molecular complexity index is 214. The summed E-state index contributed by atoms with van der Waals surface area (Å²) >= 11 is 0. The van der Waals surface area contributed by atoms with Crippen LogP contribution in [-0.2, 0) is 4.79 Å². The summed E-state index contributed by atoms with van der Waals surface area (Å²) < 4.78 is 0. The van der Waals surface area contributed by atoms with Crippen molar-refractivity contribution >= 4 is 5.91 Å². The predicted molar refractivity (Wildman–Crippen MR) is 69.4 cm³/mol. The molecule has 94 valence electrons. The SMILES string of the molecule is C/C=C/CCNC(C)C(=O)NC(C)CCC. The largest absolute Gasteiger partial charge is 0.352 e. The molecule has 0 aliphatic heterocycles. The van der Waals surface area contributed by atoms with Crippen LogP contribution in [0.3, 0.4) is 0 Å². The summed E-state index contributed by atoms with van der Waals surface area (Å²) in [5, 5.41) is 6.20. The predicted octanol–water partition coefficient (Wildman–Crippen LogP) is 2.24. The number of amides is 1. The van der Waals surface area contributed by atoms with Gasteiger partial charge in [-0.1, -0.05) is 25.5 Å². The van der Waals surface area contributed by atoms with Crippen LogP contribution in [0.4, 0.5) is 0 Å². The molecule has 1 amide bonds. The van der Waals surface area contributed by atoms with Gasteiger partial charge in [-0.2, -0.15) is 0 Å². The lowest BCUT2D eigenvalue weighted by Gasteiger charge is -2.17. The normalized spacial score (nSPS) is 15.0. The zero-order chi connectivity index (χ0) is 12.4. The Labute approximate surface area is 99.7 Å². The van der Waals surface area contributed by atoms with Gasteiger partial charge in [0.2, 0.25) is 5.91 Å². The molecule has 0 aromatic carbocycles. The Kier molecular flexibility index (Phi) is 8.91. The second kappa shape index (κ2) is 9.40. The maximum Gasteiger partial charge on any atom is 0.237 e. The molecular weight excluding hydrogens is 200 g/mol. The second-order valence-electron chi connectivity index (χ2n) is 4.23. The Balaban J connectivity index is 3.72. The Morgan fingerprint density at radius 3 is 2.62 bits per heavy atom. The van der Waals surface area contributed by atoms with Crippen molar-refractivity contribution in [3.63, 3.8) is 0 Å². The standard InChI is InChI=1S/C13H26N2O/c1-5-7-8-10-14-12(4)13(16)15-11(3)9-6-2/h5,7,11-12,14H,6,8-10H2,1-4H3,(H,15,16)/b7-5+. The molecule has 0 radical (unpaired) electrons. The summed E-state index contributed by atoms with van der Waals surface area (Å²) in [5.74, 6) is 0.0985. The first-order chi connectivity index (χ1) is 7.61. The molecule has 0 fully saturated rings. The van der Waals surface area contributed by atoms with E-state index in [-0.39, 0.29) is 18.0 Å². The van der Waals surface area contributed by atoms with Gasteiger partial charge >= 0.3 is 0 Å². The van der Waals surface area contributed by atoms with Crippen LogP contribution >= 0.6 is 0 Å². The molecule has 0 aliphatic rings. The molecule has 0 saturated carbocycles. The van der Waals surface area contributed by atoms with Crippen molar-refractivity contribution in [2.45, 2.75) is 59.0 Å². The molecular formula is C13H26N2O. The van der Waals surface area contributed by atoms with E-state index in [2.05, 4.69) is 23.6 Å². The smallest absolute Gasteiger partial charge is 0.237 e. The van der Waals surface area contributed by atoms with Gasteiger partial charge in [-0.05, 0) is 40.2 Å². The van der Waals surface area contributed by atoms with Gasteiger partial charge in [0.1, 0.15) is 0 Å². The monoisotopic (exact) mass is 226 g/mol. The van der Waals surface area contributed by atoms with Crippen molar-refractivity contribution in [3.05, 3.63) is 12.2 Å². The van der Waals surface area contributed by atoms with Crippen LogP contribution in [0.15, 0.2) is 12.2 Å². The van der Waals surface area contributed by atoms with Gasteiger partial charge in [-0.25, -0.2) is 0 Å². The Hall–Kier alpha value is -0.830. The van der Waals surface area contributed by atoms with Crippen LogP contribution in [-0.4, -0.2) is 24.5 Å². The van der Waals surface area contributed by atoms with E-state index in [4.69, 9.17) is 0 Å². The summed E-state index contributed by atoms with van der Waals surface area (Å²) in [7, 11) is 0. The average molecular weight is 226 g/mol. The van der Waals surface area contributed by atoms with Gasteiger partial charge in [-0.15, -0.1) is 0 Å². The maximum absolute atomic E-state index is 11.7. The van der Waals surface area contributed by atoms with Gasteiger partial charge in [0, 0.05) is 6.04 Å². The highest BCUT2D eigenvalue weighted by molar-refractivity contribution is 5.81. The first-order valence-corrected chi connectivity index (χ1v) is 6.26. The van der Waals surface area contributed by atoms with Crippen LogP contribution in [0.5, 0.6) is 0 Å². The fourth-order valence-corrected chi connectivity index (χ4v) is 1.52. The van der Waals surface area contributed by atoms with Crippen LogP contribution in [0.1, 0.15) is 47.0 Å². The third kappa shape index (κ3) is 7.46. The molecule has 0 aromatic rings. The minimum Gasteiger partial charge on any atom is -0.352 e. The maximum atomic E-state index is 11.7. The molecule has 0 bridgehead atoms. The molecule has 3 heteroatoms. The van der Waals surface area contributed by atoms with E-state index < -0.39 is 0 Å². The molecule has 2 N–H and O–H groups in total. The molecule has 0 aromatic heterocycles. The number of carbonyl (C=O) groups is 1.